The van der Waals surface area contributed by atoms with Crippen LogP contribution < -0.4 is 10.6 Å². The third-order valence-electron chi connectivity index (χ3n) is 3.90. The van der Waals surface area contributed by atoms with Gasteiger partial charge in [-0.25, -0.2) is 0 Å². The lowest BCUT2D eigenvalue weighted by atomic mass is 10.0. The van der Waals surface area contributed by atoms with Gasteiger partial charge in [0, 0.05) is 32.7 Å². The highest BCUT2D eigenvalue weighted by atomic mass is 35.5. The standard InChI is InChI=1S/C14H27F3N4O.2ClH/c1-10(2)12(20(3)4)13(22)19-9-11(14(15,16)17)21-7-5-18-6-8-21;;/h10-12,18H,5-9H2,1-4H3,(H,19,22);2*1H/t11?,12-;;/m1../s1. The highest BCUT2D eigenvalue weighted by Crippen LogP contribution is 2.25. The molecule has 1 amide bonds. The number of piperazine rings is 1. The highest BCUT2D eigenvalue weighted by Gasteiger charge is 2.44. The molecule has 0 saturated carbocycles. The number of hydrogen-bond acceptors (Lipinski definition) is 4. The first kappa shape index (κ1) is 26.0. The fourth-order valence-electron chi connectivity index (χ4n) is 2.88. The van der Waals surface area contributed by atoms with Crippen molar-refractivity contribution in [1.29, 1.82) is 0 Å². The number of hydrogen-bond donors (Lipinski definition) is 2. The molecule has 10 heteroatoms. The van der Waals surface area contributed by atoms with Gasteiger partial charge in [-0.05, 0) is 20.0 Å². The Morgan fingerprint density at radius 2 is 1.71 bits per heavy atom. The molecule has 0 aromatic rings. The van der Waals surface area contributed by atoms with E-state index in [0.717, 1.165) is 0 Å². The van der Waals surface area contributed by atoms with E-state index < -0.39 is 24.8 Å². The van der Waals surface area contributed by atoms with E-state index in [9.17, 15) is 18.0 Å². The van der Waals surface area contributed by atoms with Crippen LogP contribution in [0, 0.1) is 5.92 Å². The molecule has 1 unspecified atom stereocenters. The first-order chi connectivity index (χ1) is 10.1. The summed E-state index contributed by atoms with van der Waals surface area (Å²) in [5.74, 6) is -0.331. The molecule has 2 N–H and O–H groups in total. The molecule has 1 heterocycles. The molecule has 146 valence electrons. The van der Waals surface area contributed by atoms with Crippen molar-refractivity contribution in [3.63, 3.8) is 0 Å². The van der Waals surface area contributed by atoms with E-state index in [1.165, 1.54) is 4.90 Å². The Hall–Kier alpha value is -0.280. The second-order valence-corrected chi connectivity index (χ2v) is 6.24. The van der Waals surface area contributed by atoms with E-state index >= 15 is 0 Å². The van der Waals surface area contributed by atoms with Gasteiger partial charge in [0.05, 0.1) is 6.04 Å². The van der Waals surface area contributed by atoms with Crippen LogP contribution in [0.1, 0.15) is 13.8 Å². The van der Waals surface area contributed by atoms with Crippen LogP contribution >= 0.6 is 24.8 Å². The molecular formula is C14H29Cl2F3N4O. The average Bonchev–Trinajstić information content (AvgIpc) is 2.37. The lowest BCUT2D eigenvalue weighted by Crippen LogP contribution is -2.59. The summed E-state index contributed by atoms with van der Waals surface area (Å²) >= 11 is 0. The molecule has 0 aromatic carbocycles. The normalized spacial score (nSPS) is 18.5. The maximum Gasteiger partial charge on any atom is 0.405 e. The van der Waals surface area contributed by atoms with Crippen molar-refractivity contribution in [1.82, 2.24) is 20.4 Å². The topological polar surface area (TPSA) is 47.6 Å². The lowest BCUT2D eigenvalue weighted by molar-refractivity contribution is -0.184. The number of nitrogens with one attached hydrogen (secondary N) is 2. The molecule has 0 spiro atoms. The number of carbonyl (C=O) groups is 1. The van der Waals surface area contributed by atoms with Crippen LogP contribution in [0.15, 0.2) is 0 Å². The van der Waals surface area contributed by atoms with Gasteiger partial charge in [-0.2, -0.15) is 13.2 Å². The van der Waals surface area contributed by atoms with E-state index in [1.54, 1.807) is 19.0 Å². The summed E-state index contributed by atoms with van der Waals surface area (Å²) in [6.45, 7) is 5.09. The van der Waals surface area contributed by atoms with Crippen molar-refractivity contribution >= 4 is 30.7 Å². The molecule has 0 radical (unpaired) electrons. The second-order valence-electron chi connectivity index (χ2n) is 6.24. The number of nitrogens with zero attached hydrogens (tertiary/aromatic N) is 2. The van der Waals surface area contributed by atoms with Gasteiger partial charge in [0.1, 0.15) is 6.04 Å². The van der Waals surface area contributed by atoms with E-state index in [2.05, 4.69) is 10.6 Å². The van der Waals surface area contributed by atoms with Crippen LogP contribution in [0.4, 0.5) is 13.2 Å². The van der Waals surface area contributed by atoms with Crippen LogP contribution in [0.3, 0.4) is 0 Å². The van der Waals surface area contributed by atoms with Gasteiger partial charge in [0.25, 0.3) is 0 Å². The molecule has 1 fully saturated rings. The Labute approximate surface area is 154 Å². The maximum atomic E-state index is 13.2. The van der Waals surface area contributed by atoms with Gasteiger partial charge in [0.2, 0.25) is 5.91 Å². The molecule has 1 rings (SSSR count). The van der Waals surface area contributed by atoms with Gasteiger partial charge in [-0.15, -0.1) is 24.8 Å². The molecule has 0 aromatic heterocycles. The SMILES string of the molecule is CC(C)[C@H](C(=O)NCC(N1CCNCC1)C(F)(F)F)N(C)C.Cl.Cl. The third kappa shape index (κ3) is 7.74. The predicted molar refractivity (Wildman–Crippen MR) is 94.1 cm³/mol. The smallest absolute Gasteiger partial charge is 0.353 e. The Morgan fingerprint density at radius 1 is 1.21 bits per heavy atom. The summed E-state index contributed by atoms with van der Waals surface area (Å²) < 4.78 is 39.7. The molecular weight excluding hydrogens is 368 g/mol. The number of likely N-dealkylation sites (N-methyl/N-ethyl adjacent to an activating group) is 1. The largest absolute Gasteiger partial charge is 0.405 e. The van der Waals surface area contributed by atoms with E-state index in [-0.39, 0.29) is 36.6 Å². The minimum absolute atomic E-state index is 0. The fourth-order valence-corrected chi connectivity index (χ4v) is 2.88. The van der Waals surface area contributed by atoms with E-state index in [0.29, 0.717) is 26.2 Å². The van der Waals surface area contributed by atoms with Gasteiger partial charge < -0.3 is 10.6 Å². The van der Waals surface area contributed by atoms with E-state index in [1.807, 2.05) is 13.8 Å². The summed E-state index contributed by atoms with van der Waals surface area (Å²) in [5.41, 5.74) is 0. The quantitative estimate of drug-likeness (QED) is 0.711. The molecule has 0 aliphatic carbocycles. The predicted octanol–water partition coefficient (Wildman–Crippen LogP) is 1.37. The number of amides is 1. The lowest BCUT2D eigenvalue weighted by Gasteiger charge is -2.36. The summed E-state index contributed by atoms with van der Waals surface area (Å²) in [5, 5.41) is 5.52. The average molecular weight is 397 g/mol. The number of alkyl halides is 3. The zero-order valence-electron chi connectivity index (χ0n) is 14.5. The Kier molecular flexibility index (Phi) is 12.3. The molecule has 5 nitrogen and oxygen atoms in total. The first-order valence-electron chi connectivity index (χ1n) is 7.60. The zero-order chi connectivity index (χ0) is 16.9. The minimum atomic E-state index is -4.35. The van der Waals surface area contributed by atoms with E-state index in [4.69, 9.17) is 0 Å². The van der Waals surface area contributed by atoms with Crippen LogP contribution in [0.5, 0.6) is 0 Å². The Balaban J connectivity index is 0. The molecule has 1 aliphatic heterocycles. The first-order valence-corrected chi connectivity index (χ1v) is 7.60. The monoisotopic (exact) mass is 396 g/mol. The second kappa shape index (κ2) is 11.4. The minimum Gasteiger partial charge on any atom is -0.353 e. The van der Waals surface area contributed by atoms with Crippen molar-refractivity contribution < 1.29 is 18.0 Å². The Morgan fingerprint density at radius 3 is 2.08 bits per heavy atom. The van der Waals surface area contributed by atoms with Gasteiger partial charge in [-0.3, -0.25) is 14.6 Å². The molecule has 0 bridgehead atoms. The van der Waals surface area contributed by atoms with Gasteiger partial charge in [-0.1, -0.05) is 13.8 Å². The number of carbonyl (C=O) groups excluding carboxylic acids is 1. The fraction of sp³-hybridized carbons (Fsp3) is 0.929. The van der Waals surface area contributed by atoms with Crippen LogP contribution in [0.25, 0.3) is 0 Å². The summed E-state index contributed by atoms with van der Waals surface area (Å²) in [7, 11) is 3.50. The van der Waals surface area contributed by atoms with Gasteiger partial charge >= 0.3 is 6.18 Å². The number of halogens is 5. The number of rotatable bonds is 6. The van der Waals surface area contributed by atoms with Crippen molar-refractivity contribution in [2.75, 3.05) is 46.8 Å². The Bertz CT molecular complexity index is 356. The molecule has 1 saturated heterocycles. The molecule has 1 aliphatic rings. The maximum absolute atomic E-state index is 13.2. The highest BCUT2D eigenvalue weighted by molar-refractivity contribution is 5.85. The summed E-state index contributed by atoms with van der Waals surface area (Å²) in [6, 6.07) is -2.06. The molecule has 2 atom stereocenters. The van der Waals surface area contributed by atoms with Crippen molar-refractivity contribution in [2.24, 2.45) is 5.92 Å². The van der Waals surface area contributed by atoms with Crippen molar-refractivity contribution in [2.45, 2.75) is 32.1 Å². The van der Waals surface area contributed by atoms with Crippen LogP contribution in [-0.2, 0) is 4.79 Å². The van der Waals surface area contributed by atoms with Gasteiger partial charge in [0.15, 0.2) is 0 Å². The zero-order valence-corrected chi connectivity index (χ0v) is 16.2. The summed E-state index contributed by atoms with van der Waals surface area (Å²) in [6.07, 6.45) is -4.35. The third-order valence-corrected chi connectivity index (χ3v) is 3.90. The van der Waals surface area contributed by atoms with Crippen molar-refractivity contribution in [3.05, 3.63) is 0 Å². The molecule has 24 heavy (non-hydrogen) atoms. The van der Waals surface area contributed by atoms with Crippen LogP contribution in [0.2, 0.25) is 0 Å². The van der Waals surface area contributed by atoms with Crippen LogP contribution in [-0.4, -0.2) is 80.8 Å². The summed E-state index contributed by atoms with van der Waals surface area (Å²) in [4.78, 5) is 15.3. The van der Waals surface area contributed by atoms with Crippen molar-refractivity contribution in [3.8, 4) is 0 Å².